The number of fused-ring (bicyclic) bond motifs is 1. The Bertz CT molecular complexity index is 1180. The highest BCUT2D eigenvalue weighted by Crippen LogP contribution is 2.61. The van der Waals surface area contributed by atoms with E-state index in [1.807, 2.05) is 52.8 Å². The highest BCUT2D eigenvalue weighted by atomic mass is 79.9. The van der Waals surface area contributed by atoms with E-state index in [2.05, 4.69) is 29.1 Å². The average Bonchev–Trinajstić information content (AvgIpc) is 3.51. The van der Waals surface area contributed by atoms with E-state index in [9.17, 15) is 19.5 Å². The van der Waals surface area contributed by atoms with Gasteiger partial charge in [-0.25, -0.2) is 0 Å². The minimum absolute atomic E-state index is 0.133. The molecule has 3 unspecified atom stereocenters. The van der Waals surface area contributed by atoms with Gasteiger partial charge in [0.25, 0.3) is 5.91 Å². The molecule has 1 aromatic rings. The summed E-state index contributed by atoms with van der Waals surface area (Å²) in [7, 11) is 0. The predicted molar refractivity (Wildman–Crippen MR) is 164 cm³/mol. The summed E-state index contributed by atoms with van der Waals surface area (Å²) in [5, 5.41) is 10.5. The van der Waals surface area contributed by atoms with Crippen molar-refractivity contribution in [2.45, 2.75) is 76.1 Å². The van der Waals surface area contributed by atoms with Gasteiger partial charge in [0, 0.05) is 30.1 Å². The van der Waals surface area contributed by atoms with Crippen LogP contribution in [0.1, 0.15) is 44.7 Å². The van der Waals surface area contributed by atoms with E-state index in [1.54, 1.807) is 26.9 Å². The van der Waals surface area contributed by atoms with E-state index >= 15 is 0 Å². The second-order valence-corrected chi connectivity index (χ2v) is 13.1. The van der Waals surface area contributed by atoms with Crippen LogP contribution in [0.5, 0.6) is 0 Å². The SMILES string of the molecule is C=CCN(CCC)C(=O)[C@H]1[C@H]2C(=O)N([C@@H](CO)C(C)C)C(C(=O)N(CC=C)c3c(C)cccc3C)C23CC(Br)[C@@H]1O3. The number of carbonyl (C=O) groups excluding carboxylic acids is 3. The molecule has 3 aliphatic rings. The Kier molecular flexibility index (Phi) is 9.51. The van der Waals surface area contributed by atoms with Gasteiger partial charge in [0.2, 0.25) is 11.8 Å². The summed E-state index contributed by atoms with van der Waals surface area (Å²) in [5.41, 5.74) is 1.41. The molecule has 7 atom stereocenters. The molecule has 3 amide bonds. The molecule has 1 aromatic carbocycles. The molecular weight excluding hydrogens is 586 g/mol. The van der Waals surface area contributed by atoms with Gasteiger partial charge in [-0.1, -0.05) is 67.1 Å². The second kappa shape index (κ2) is 12.4. The summed E-state index contributed by atoms with van der Waals surface area (Å²) < 4.78 is 6.73. The Morgan fingerprint density at radius 1 is 1.20 bits per heavy atom. The van der Waals surface area contributed by atoms with E-state index < -0.39 is 35.6 Å². The van der Waals surface area contributed by atoms with Crippen molar-refractivity contribution in [1.29, 1.82) is 0 Å². The lowest BCUT2D eigenvalue weighted by molar-refractivity contribution is -0.148. The molecule has 3 fully saturated rings. The number of hydrogen-bond acceptors (Lipinski definition) is 5. The van der Waals surface area contributed by atoms with Gasteiger partial charge >= 0.3 is 0 Å². The molecule has 3 saturated heterocycles. The fraction of sp³-hybridized carbons (Fsp3) is 0.594. The first kappa shape index (κ1) is 31.4. The van der Waals surface area contributed by atoms with Crippen molar-refractivity contribution in [3.8, 4) is 0 Å². The van der Waals surface area contributed by atoms with Crippen molar-refractivity contribution < 1.29 is 24.2 Å². The highest BCUT2D eigenvalue weighted by molar-refractivity contribution is 9.09. The zero-order valence-corrected chi connectivity index (χ0v) is 26.5. The topological polar surface area (TPSA) is 90.4 Å². The molecule has 41 heavy (non-hydrogen) atoms. The fourth-order valence-corrected chi connectivity index (χ4v) is 8.28. The van der Waals surface area contributed by atoms with Crippen LogP contribution in [0.2, 0.25) is 0 Å². The molecule has 3 heterocycles. The maximum absolute atomic E-state index is 14.9. The third-order valence-electron chi connectivity index (χ3n) is 9.00. The van der Waals surface area contributed by atoms with Crippen LogP contribution in [-0.4, -0.2) is 87.5 Å². The molecule has 0 aliphatic carbocycles. The third kappa shape index (κ3) is 5.08. The predicted octanol–water partition coefficient (Wildman–Crippen LogP) is 4.01. The molecule has 8 nitrogen and oxygen atoms in total. The Hall–Kier alpha value is -2.49. The summed E-state index contributed by atoms with van der Waals surface area (Å²) in [6, 6.07) is 4.23. The van der Waals surface area contributed by atoms with Crippen LogP contribution >= 0.6 is 15.9 Å². The van der Waals surface area contributed by atoms with E-state index in [-0.39, 0.29) is 41.6 Å². The number of para-hydroxylation sites is 1. The van der Waals surface area contributed by atoms with Crippen molar-refractivity contribution in [3.63, 3.8) is 0 Å². The Morgan fingerprint density at radius 2 is 1.83 bits per heavy atom. The summed E-state index contributed by atoms with van der Waals surface area (Å²) in [4.78, 5) is 48.3. The number of amides is 3. The van der Waals surface area contributed by atoms with Crippen LogP contribution in [0, 0.1) is 31.6 Å². The van der Waals surface area contributed by atoms with Crippen molar-refractivity contribution >= 4 is 39.3 Å². The number of benzene rings is 1. The van der Waals surface area contributed by atoms with E-state index in [1.165, 1.54) is 0 Å². The fourth-order valence-electron chi connectivity index (χ4n) is 7.33. The smallest absolute Gasteiger partial charge is 0.253 e. The Balaban J connectivity index is 1.89. The number of anilines is 1. The minimum Gasteiger partial charge on any atom is -0.394 e. The van der Waals surface area contributed by atoms with Gasteiger partial charge in [-0.3, -0.25) is 14.4 Å². The Labute approximate surface area is 252 Å². The van der Waals surface area contributed by atoms with Gasteiger partial charge in [-0.15, -0.1) is 13.2 Å². The number of aliphatic hydroxyl groups is 1. The van der Waals surface area contributed by atoms with Gasteiger partial charge < -0.3 is 24.5 Å². The zero-order valence-electron chi connectivity index (χ0n) is 24.9. The van der Waals surface area contributed by atoms with Crippen LogP contribution in [0.15, 0.2) is 43.5 Å². The molecule has 0 saturated carbocycles. The lowest BCUT2D eigenvalue weighted by Crippen LogP contribution is -2.60. The van der Waals surface area contributed by atoms with Crippen LogP contribution in [0.3, 0.4) is 0 Å². The monoisotopic (exact) mass is 629 g/mol. The first-order valence-corrected chi connectivity index (χ1v) is 15.5. The van der Waals surface area contributed by atoms with Crippen molar-refractivity contribution in [2.24, 2.45) is 17.8 Å². The van der Waals surface area contributed by atoms with Crippen LogP contribution < -0.4 is 4.90 Å². The number of nitrogens with zero attached hydrogens (tertiary/aromatic N) is 3. The molecule has 1 spiro atoms. The van der Waals surface area contributed by atoms with Crippen molar-refractivity contribution in [1.82, 2.24) is 9.80 Å². The first-order chi connectivity index (χ1) is 19.5. The van der Waals surface area contributed by atoms with Crippen LogP contribution in [0.4, 0.5) is 5.69 Å². The van der Waals surface area contributed by atoms with Crippen LogP contribution in [-0.2, 0) is 19.1 Å². The minimum atomic E-state index is -1.21. The molecule has 1 N–H and O–H groups in total. The highest BCUT2D eigenvalue weighted by Gasteiger charge is 2.77. The number of likely N-dealkylation sites (tertiary alicyclic amines) is 1. The summed E-state index contributed by atoms with van der Waals surface area (Å²) in [6.07, 6.45) is 3.99. The molecule has 0 radical (unpaired) electrons. The lowest BCUT2D eigenvalue weighted by atomic mass is 9.70. The number of carbonyl (C=O) groups is 3. The molecule has 2 bridgehead atoms. The Morgan fingerprint density at radius 3 is 2.37 bits per heavy atom. The standard InChI is InChI=1S/C32H44BrN3O5/c1-8-14-34(15-9-2)29(38)24-25-30(39)36(23(18-37)19(4)5)28(32(25)17-22(33)27(24)41-32)31(40)35(16-10-3)26-20(6)12-11-13-21(26)7/h8,10-13,19,22-25,27-28,37H,1,3,9,14-18H2,2,4-7H3/t22?,23-,24-,25-,27-,28?,32?/m0/s1. The number of aryl methyl sites for hydroxylation is 2. The molecule has 4 rings (SSSR count). The normalized spacial score (nSPS) is 29.0. The van der Waals surface area contributed by atoms with Gasteiger partial charge in [-0.2, -0.15) is 0 Å². The summed E-state index contributed by atoms with van der Waals surface area (Å²) in [6.45, 7) is 18.3. The lowest BCUT2D eigenvalue weighted by Gasteiger charge is -2.41. The number of rotatable bonds is 12. The van der Waals surface area contributed by atoms with Crippen molar-refractivity contribution in [2.75, 3.05) is 31.1 Å². The summed E-state index contributed by atoms with van der Waals surface area (Å²) >= 11 is 3.76. The zero-order chi connectivity index (χ0) is 30.2. The van der Waals surface area contributed by atoms with Gasteiger partial charge in [0.15, 0.2) is 0 Å². The number of alkyl halides is 1. The number of hydrogen-bond donors (Lipinski definition) is 1. The number of aliphatic hydroxyl groups excluding tert-OH is 1. The van der Waals surface area contributed by atoms with Crippen LogP contribution in [0.25, 0.3) is 0 Å². The summed E-state index contributed by atoms with van der Waals surface area (Å²) in [5.74, 6) is -2.45. The quantitative estimate of drug-likeness (QED) is 0.279. The maximum atomic E-state index is 14.9. The molecule has 0 aromatic heterocycles. The maximum Gasteiger partial charge on any atom is 0.253 e. The first-order valence-electron chi connectivity index (χ1n) is 14.6. The molecule has 224 valence electrons. The molecule has 9 heteroatoms. The second-order valence-electron chi connectivity index (χ2n) is 12.0. The molecular formula is C32H44BrN3O5. The van der Waals surface area contributed by atoms with Gasteiger partial charge in [0.05, 0.1) is 30.6 Å². The van der Waals surface area contributed by atoms with Crippen molar-refractivity contribution in [3.05, 3.63) is 54.6 Å². The van der Waals surface area contributed by atoms with Gasteiger partial charge in [0.1, 0.15) is 11.6 Å². The number of halogens is 1. The third-order valence-corrected chi connectivity index (χ3v) is 9.85. The number of ether oxygens (including phenoxy) is 1. The largest absolute Gasteiger partial charge is 0.394 e. The van der Waals surface area contributed by atoms with E-state index in [0.29, 0.717) is 19.5 Å². The van der Waals surface area contributed by atoms with E-state index in [0.717, 1.165) is 23.2 Å². The molecule has 3 aliphatic heterocycles. The van der Waals surface area contributed by atoms with E-state index in [4.69, 9.17) is 4.74 Å². The van der Waals surface area contributed by atoms with Gasteiger partial charge in [-0.05, 0) is 43.7 Å². The average molecular weight is 631 g/mol.